The Morgan fingerprint density at radius 2 is 1.47 bits per heavy atom. The summed E-state index contributed by atoms with van der Waals surface area (Å²) in [7, 11) is 7.79. The minimum absolute atomic E-state index is 0.250. The Bertz CT molecular complexity index is 1340. The van der Waals surface area contributed by atoms with Gasteiger partial charge in [-0.15, -0.1) is 0 Å². The van der Waals surface area contributed by atoms with Crippen LogP contribution in [0.5, 0.6) is 28.7 Å². The summed E-state index contributed by atoms with van der Waals surface area (Å²) < 4.78 is 27.6. The van der Waals surface area contributed by atoms with Gasteiger partial charge in [-0.3, -0.25) is 9.59 Å². The highest BCUT2D eigenvalue weighted by atomic mass is 16.5. The molecule has 0 saturated heterocycles. The zero-order valence-corrected chi connectivity index (χ0v) is 22.4. The molecule has 1 aliphatic heterocycles. The molecular weight excluding hydrogens is 488 g/mol. The van der Waals surface area contributed by atoms with Gasteiger partial charge in [0.2, 0.25) is 5.91 Å². The summed E-state index contributed by atoms with van der Waals surface area (Å²) in [6, 6.07) is 15.3. The summed E-state index contributed by atoms with van der Waals surface area (Å²) in [6.45, 7) is 2.32. The van der Waals surface area contributed by atoms with Crippen molar-refractivity contribution in [2.75, 3.05) is 47.4 Å². The number of anilines is 1. The van der Waals surface area contributed by atoms with Crippen LogP contribution in [0.1, 0.15) is 40.4 Å². The molecule has 1 heterocycles. The van der Waals surface area contributed by atoms with E-state index in [4.69, 9.17) is 23.7 Å². The summed E-state index contributed by atoms with van der Waals surface area (Å²) in [5, 5.41) is 3.03. The topological polar surface area (TPSA) is 95.6 Å². The van der Waals surface area contributed by atoms with Crippen LogP contribution in [0.3, 0.4) is 0 Å². The van der Waals surface area contributed by atoms with Gasteiger partial charge in [0.15, 0.2) is 23.0 Å². The van der Waals surface area contributed by atoms with Gasteiger partial charge in [0.25, 0.3) is 5.91 Å². The molecule has 4 rings (SSSR count). The van der Waals surface area contributed by atoms with E-state index in [9.17, 15) is 9.59 Å². The van der Waals surface area contributed by atoms with Gasteiger partial charge in [-0.25, -0.2) is 0 Å². The number of carbonyl (C=O) groups excluding carboxylic acids is 2. The molecule has 0 aromatic heterocycles. The summed E-state index contributed by atoms with van der Waals surface area (Å²) >= 11 is 0. The fourth-order valence-corrected chi connectivity index (χ4v) is 4.85. The first kappa shape index (κ1) is 26.7. The van der Waals surface area contributed by atoms with Gasteiger partial charge in [-0.2, -0.15) is 0 Å². The van der Waals surface area contributed by atoms with E-state index in [1.165, 1.54) is 14.2 Å². The second-order valence-corrected chi connectivity index (χ2v) is 8.67. The number of carbonyl (C=O) groups is 2. The highest BCUT2D eigenvalue weighted by molar-refractivity contribution is 6.05. The van der Waals surface area contributed by atoms with E-state index in [1.54, 1.807) is 62.6 Å². The number of likely N-dealkylation sites (N-methyl/N-ethyl adjacent to an activating group) is 1. The smallest absolute Gasteiger partial charge is 0.254 e. The van der Waals surface area contributed by atoms with Crippen molar-refractivity contribution in [1.82, 2.24) is 4.90 Å². The normalized spacial score (nSPS) is 16.4. The molecule has 9 heteroatoms. The Labute approximate surface area is 222 Å². The molecule has 0 spiro atoms. The van der Waals surface area contributed by atoms with Gasteiger partial charge in [0, 0.05) is 12.6 Å². The number of fused-ring (bicyclic) bond motifs is 1. The van der Waals surface area contributed by atoms with E-state index in [0.29, 0.717) is 57.7 Å². The first-order chi connectivity index (χ1) is 18.4. The molecule has 0 unspecified atom stereocenters. The Kier molecular flexibility index (Phi) is 7.95. The van der Waals surface area contributed by atoms with Crippen molar-refractivity contribution in [2.24, 2.45) is 0 Å². The number of methoxy groups -OCH3 is 4. The summed E-state index contributed by atoms with van der Waals surface area (Å²) in [5.74, 6) is 1.04. The number of nitrogens with zero attached hydrogens (tertiary/aromatic N) is 1. The molecule has 0 radical (unpaired) electrons. The van der Waals surface area contributed by atoms with Crippen molar-refractivity contribution in [1.29, 1.82) is 0 Å². The fraction of sp³-hybridized carbons (Fsp3) is 0.310. The van der Waals surface area contributed by atoms with Crippen molar-refractivity contribution in [3.63, 3.8) is 0 Å². The average molecular weight is 521 g/mol. The molecule has 0 fully saturated rings. The Morgan fingerprint density at radius 3 is 2.13 bits per heavy atom. The molecule has 2 amide bonds. The maximum absolute atomic E-state index is 14.1. The highest BCUT2D eigenvalue weighted by Gasteiger charge is 2.44. The van der Waals surface area contributed by atoms with E-state index in [-0.39, 0.29) is 11.8 Å². The van der Waals surface area contributed by atoms with Gasteiger partial charge in [-0.1, -0.05) is 18.2 Å². The largest absolute Gasteiger partial charge is 0.493 e. The van der Waals surface area contributed by atoms with Crippen LogP contribution >= 0.6 is 0 Å². The third-order valence-electron chi connectivity index (χ3n) is 6.65. The lowest BCUT2D eigenvalue weighted by Crippen LogP contribution is -2.44. The van der Waals surface area contributed by atoms with Gasteiger partial charge < -0.3 is 33.9 Å². The minimum Gasteiger partial charge on any atom is -0.493 e. The van der Waals surface area contributed by atoms with E-state index in [1.807, 2.05) is 25.1 Å². The fourth-order valence-electron chi connectivity index (χ4n) is 4.85. The van der Waals surface area contributed by atoms with Crippen molar-refractivity contribution in [3.05, 3.63) is 71.3 Å². The molecule has 3 aromatic carbocycles. The lowest BCUT2D eigenvalue weighted by Gasteiger charge is -2.40. The molecule has 2 atom stereocenters. The van der Waals surface area contributed by atoms with Crippen LogP contribution < -0.4 is 29.0 Å². The molecule has 0 saturated carbocycles. The lowest BCUT2D eigenvalue weighted by molar-refractivity contribution is -0.119. The number of amides is 2. The molecule has 3 aromatic rings. The van der Waals surface area contributed by atoms with Crippen molar-refractivity contribution < 1.29 is 33.3 Å². The standard InChI is InChI=1S/C29H32N2O7/c1-7-38-21-11-9-8-10-20(21)30-28(32)26-18-15-24(36-5)25(37-6)16-19(18)29(33)31(2)27(26)17-12-13-22(34-3)23(14-17)35-4/h8-16,26-27H,7H2,1-6H3,(H,30,32)/t26-,27-/m0/s1. The monoisotopic (exact) mass is 520 g/mol. The van der Waals surface area contributed by atoms with Gasteiger partial charge in [-0.05, 0) is 54.4 Å². The number of hydrogen-bond donors (Lipinski definition) is 1. The summed E-state index contributed by atoms with van der Waals surface area (Å²) in [5.41, 5.74) is 2.13. The van der Waals surface area contributed by atoms with Crippen LogP contribution in [0, 0.1) is 0 Å². The number of hydrogen-bond acceptors (Lipinski definition) is 7. The number of benzene rings is 3. The van der Waals surface area contributed by atoms with Crippen LogP contribution in [0.4, 0.5) is 5.69 Å². The molecular formula is C29H32N2O7. The average Bonchev–Trinajstić information content (AvgIpc) is 2.94. The minimum atomic E-state index is -0.805. The molecule has 0 bridgehead atoms. The zero-order chi connectivity index (χ0) is 27.4. The highest BCUT2D eigenvalue weighted by Crippen LogP contribution is 2.47. The van der Waals surface area contributed by atoms with E-state index in [2.05, 4.69) is 5.32 Å². The molecule has 1 N–H and O–H groups in total. The third-order valence-corrected chi connectivity index (χ3v) is 6.65. The van der Waals surface area contributed by atoms with Crippen LogP contribution in [0.2, 0.25) is 0 Å². The second kappa shape index (κ2) is 11.3. The first-order valence-corrected chi connectivity index (χ1v) is 12.2. The Morgan fingerprint density at radius 1 is 0.842 bits per heavy atom. The van der Waals surface area contributed by atoms with Crippen LogP contribution in [-0.4, -0.2) is 58.8 Å². The molecule has 9 nitrogen and oxygen atoms in total. The maximum Gasteiger partial charge on any atom is 0.254 e. The lowest BCUT2D eigenvalue weighted by atomic mass is 9.79. The van der Waals surface area contributed by atoms with E-state index >= 15 is 0 Å². The number of nitrogens with one attached hydrogen (secondary N) is 1. The van der Waals surface area contributed by atoms with Crippen LogP contribution in [0.15, 0.2) is 54.6 Å². The maximum atomic E-state index is 14.1. The van der Waals surface area contributed by atoms with Crippen molar-refractivity contribution in [3.8, 4) is 28.7 Å². The second-order valence-electron chi connectivity index (χ2n) is 8.67. The van der Waals surface area contributed by atoms with Gasteiger partial charge >= 0.3 is 0 Å². The van der Waals surface area contributed by atoms with Gasteiger partial charge in [0.05, 0.1) is 52.7 Å². The van der Waals surface area contributed by atoms with E-state index in [0.717, 1.165) is 0 Å². The zero-order valence-electron chi connectivity index (χ0n) is 22.4. The summed E-state index contributed by atoms with van der Waals surface area (Å²) in [4.78, 5) is 29.3. The Hall–Kier alpha value is -4.40. The molecule has 38 heavy (non-hydrogen) atoms. The molecule has 200 valence electrons. The predicted molar refractivity (Wildman–Crippen MR) is 143 cm³/mol. The number of para-hydroxylation sites is 2. The van der Waals surface area contributed by atoms with Gasteiger partial charge in [0.1, 0.15) is 5.75 Å². The molecule has 1 aliphatic rings. The van der Waals surface area contributed by atoms with Crippen molar-refractivity contribution >= 4 is 17.5 Å². The van der Waals surface area contributed by atoms with Crippen LogP contribution in [-0.2, 0) is 4.79 Å². The number of ether oxygens (including phenoxy) is 5. The number of rotatable bonds is 9. The quantitative estimate of drug-likeness (QED) is 0.438. The SMILES string of the molecule is CCOc1ccccc1NC(=O)[C@H]1c2cc(OC)c(OC)cc2C(=O)N(C)[C@H]1c1ccc(OC)c(OC)c1. The Balaban J connectivity index is 1.90. The molecule has 0 aliphatic carbocycles. The predicted octanol–water partition coefficient (Wildman–Crippen LogP) is 4.67. The first-order valence-electron chi connectivity index (χ1n) is 12.2. The summed E-state index contributed by atoms with van der Waals surface area (Å²) in [6.07, 6.45) is 0. The van der Waals surface area contributed by atoms with Crippen molar-refractivity contribution in [2.45, 2.75) is 18.9 Å². The third kappa shape index (κ3) is 4.79. The van der Waals surface area contributed by atoms with Crippen LogP contribution in [0.25, 0.3) is 0 Å². The van der Waals surface area contributed by atoms with E-state index < -0.39 is 12.0 Å².